The Labute approximate surface area is 211 Å². The van der Waals surface area contributed by atoms with E-state index in [1.54, 1.807) is 18.2 Å². The molecular formula is C27H35FN4O2S. The van der Waals surface area contributed by atoms with Crippen molar-refractivity contribution in [3.05, 3.63) is 71.8 Å². The molecule has 0 fully saturated rings. The molecule has 188 valence electrons. The van der Waals surface area contributed by atoms with Crippen LogP contribution in [0.25, 0.3) is 0 Å². The second-order valence-electron chi connectivity index (χ2n) is 8.61. The number of aromatic nitrogens is 3. The first-order valence-corrected chi connectivity index (χ1v) is 13.3. The highest BCUT2D eigenvalue weighted by Crippen LogP contribution is 2.21. The third kappa shape index (κ3) is 9.02. The van der Waals surface area contributed by atoms with E-state index in [1.165, 1.54) is 23.4 Å². The fraction of sp³-hybridized carbons (Fsp3) is 0.444. The number of para-hydroxylation sites is 1. The number of thioether (sulfide) groups is 1. The number of benzene rings is 2. The molecule has 3 aromatic rings. The van der Waals surface area contributed by atoms with Crippen LogP contribution in [0.3, 0.4) is 0 Å². The van der Waals surface area contributed by atoms with E-state index in [0.29, 0.717) is 11.0 Å². The van der Waals surface area contributed by atoms with Gasteiger partial charge < -0.3 is 14.6 Å². The van der Waals surface area contributed by atoms with Gasteiger partial charge in [0, 0.05) is 12.6 Å². The zero-order valence-corrected chi connectivity index (χ0v) is 21.4. The first-order chi connectivity index (χ1) is 17.1. The lowest BCUT2D eigenvalue weighted by Crippen LogP contribution is -2.34. The fourth-order valence-corrected chi connectivity index (χ4v) is 4.50. The summed E-state index contributed by atoms with van der Waals surface area (Å²) in [5.74, 6) is 0.640. The third-order valence-corrected chi connectivity index (χ3v) is 6.64. The molecule has 0 radical (unpaired) electrons. The van der Waals surface area contributed by atoms with Crippen molar-refractivity contribution in [2.24, 2.45) is 0 Å². The Morgan fingerprint density at radius 3 is 2.63 bits per heavy atom. The van der Waals surface area contributed by atoms with Gasteiger partial charge in [0.25, 0.3) is 0 Å². The smallest absolute Gasteiger partial charge is 0.230 e. The number of nitrogens with one attached hydrogen (secondary N) is 1. The Morgan fingerprint density at radius 2 is 1.86 bits per heavy atom. The van der Waals surface area contributed by atoms with Crippen LogP contribution in [0, 0.1) is 5.82 Å². The molecule has 1 heterocycles. The first kappa shape index (κ1) is 26.7. The normalized spacial score (nSPS) is 11.9. The SMILES string of the molecule is CCCCCCn1c(COc2ccccc2F)nnc1SCC(=O)N[C@@H](C)CCc1ccccc1. The monoisotopic (exact) mass is 498 g/mol. The average Bonchev–Trinajstić information content (AvgIpc) is 3.25. The summed E-state index contributed by atoms with van der Waals surface area (Å²) >= 11 is 1.37. The lowest BCUT2D eigenvalue weighted by molar-refractivity contribution is -0.119. The quantitative estimate of drug-likeness (QED) is 0.212. The molecule has 0 aliphatic rings. The van der Waals surface area contributed by atoms with Gasteiger partial charge in [0.2, 0.25) is 5.91 Å². The standard InChI is InChI=1S/C27H35FN4O2S/c1-3-4-5-11-18-32-25(19-34-24-15-10-9-14-23(24)28)30-31-27(32)35-20-26(33)29-21(2)16-17-22-12-7-6-8-13-22/h6-10,12-15,21H,3-5,11,16-20H2,1-2H3,(H,29,33)/t21-/m0/s1. The van der Waals surface area contributed by atoms with Crippen molar-refractivity contribution in [1.29, 1.82) is 0 Å². The van der Waals surface area contributed by atoms with Crippen molar-refractivity contribution in [2.45, 2.75) is 76.7 Å². The van der Waals surface area contributed by atoms with E-state index < -0.39 is 5.82 Å². The molecular weight excluding hydrogens is 463 g/mol. The molecule has 0 saturated heterocycles. The summed E-state index contributed by atoms with van der Waals surface area (Å²) in [6, 6.07) is 16.7. The Kier molecular flexibility index (Phi) is 11.1. The molecule has 1 amide bonds. The highest BCUT2D eigenvalue weighted by Gasteiger charge is 2.16. The fourth-order valence-electron chi connectivity index (χ4n) is 3.70. The predicted octanol–water partition coefficient (Wildman–Crippen LogP) is 5.81. The zero-order valence-electron chi connectivity index (χ0n) is 20.6. The van der Waals surface area contributed by atoms with Gasteiger partial charge in [0.05, 0.1) is 5.75 Å². The second kappa shape index (κ2) is 14.5. The van der Waals surface area contributed by atoms with Crippen LogP contribution in [0.5, 0.6) is 5.75 Å². The largest absolute Gasteiger partial charge is 0.483 e. The average molecular weight is 499 g/mol. The van der Waals surface area contributed by atoms with Gasteiger partial charge in [-0.3, -0.25) is 4.79 Å². The minimum atomic E-state index is -0.408. The van der Waals surface area contributed by atoms with Crippen molar-refractivity contribution in [2.75, 3.05) is 5.75 Å². The van der Waals surface area contributed by atoms with Gasteiger partial charge in [-0.2, -0.15) is 0 Å². The van der Waals surface area contributed by atoms with Crippen molar-refractivity contribution < 1.29 is 13.9 Å². The summed E-state index contributed by atoms with van der Waals surface area (Å²) in [6.07, 6.45) is 6.20. The molecule has 8 heteroatoms. The molecule has 6 nitrogen and oxygen atoms in total. The molecule has 0 spiro atoms. The van der Waals surface area contributed by atoms with Gasteiger partial charge >= 0.3 is 0 Å². The summed E-state index contributed by atoms with van der Waals surface area (Å²) in [7, 11) is 0. The Hall–Kier alpha value is -2.87. The van der Waals surface area contributed by atoms with Crippen LogP contribution in [0.4, 0.5) is 4.39 Å². The van der Waals surface area contributed by atoms with Crippen LogP contribution >= 0.6 is 11.8 Å². The van der Waals surface area contributed by atoms with Gasteiger partial charge in [-0.15, -0.1) is 10.2 Å². The predicted molar refractivity (Wildman–Crippen MR) is 138 cm³/mol. The molecule has 35 heavy (non-hydrogen) atoms. The van der Waals surface area contributed by atoms with E-state index in [0.717, 1.165) is 45.1 Å². The molecule has 0 saturated carbocycles. The lowest BCUT2D eigenvalue weighted by Gasteiger charge is -2.14. The lowest BCUT2D eigenvalue weighted by atomic mass is 10.1. The highest BCUT2D eigenvalue weighted by atomic mass is 32.2. The van der Waals surface area contributed by atoms with Crippen molar-refractivity contribution in [3.8, 4) is 5.75 Å². The molecule has 3 rings (SSSR count). The van der Waals surface area contributed by atoms with Crippen molar-refractivity contribution >= 4 is 17.7 Å². The molecule has 1 N–H and O–H groups in total. The molecule has 1 atom stereocenters. The van der Waals surface area contributed by atoms with Gasteiger partial charge in [-0.1, -0.05) is 80.4 Å². The summed E-state index contributed by atoms with van der Waals surface area (Å²) in [5.41, 5.74) is 1.27. The molecule has 0 aliphatic heterocycles. The van der Waals surface area contributed by atoms with E-state index in [4.69, 9.17) is 4.74 Å². The van der Waals surface area contributed by atoms with Crippen LogP contribution < -0.4 is 10.1 Å². The number of carbonyl (C=O) groups excluding carboxylic acids is 1. The molecule has 2 aromatic carbocycles. The molecule has 0 unspecified atom stereocenters. The van der Waals surface area contributed by atoms with Gasteiger partial charge in [0.1, 0.15) is 6.61 Å². The Balaban J connectivity index is 1.54. The minimum absolute atomic E-state index is 0.0275. The van der Waals surface area contributed by atoms with Crippen LogP contribution in [-0.4, -0.2) is 32.5 Å². The number of ether oxygens (including phenoxy) is 1. The van der Waals surface area contributed by atoms with E-state index in [2.05, 4.69) is 34.6 Å². The number of carbonyl (C=O) groups is 1. The second-order valence-corrected chi connectivity index (χ2v) is 9.55. The number of nitrogens with zero attached hydrogens (tertiary/aromatic N) is 3. The third-order valence-electron chi connectivity index (χ3n) is 5.67. The van der Waals surface area contributed by atoms with E-state index >= 15 is 0 Å². The molecule has 1 aromatic heterocycles. The minimum Gasteiger partial charge on any atom is -0.483 e. The number of unbranched alkanes of at least 4 members (excludes halogenated alkanes) is 3. The maximum absolute atomic E-state index is 13.9. The van der Waals surface area contributed by atoms with Crippen molar-refractivity contribution in [1.82, 2.24) is 20.1 Å². The number of aryl methyl sites for hydroxylation is 1. The summed E-state index contributed by atoms with van der Waals surface area (Å²) in [4.78, 5) is 12.5. The summed E-state index contributed by atoms with van der Waals surface area (Å²) < 4.78 is 21.6. The van der Waals surface area contributed by atoms with Gasteiger partial charge in [-0.05, 0) is 43.9 Å². The number of amides is 1. The highest BCUT2D eigenvalue weighted by molar-refractivity contribution is 7.99. The van der Waals surface area contributed by atoms with Gasteiger partial charge in [-0.25, -0.2) is 4.39 Å². The Bertz CT molecular complexity index is 1040. The Morgan fingerprint density at radius 1 is 1.09 bits per heavy atom. The number of rotatable bonds is 15. The zero-order chi connectivity index (χ0) is 24.9. The maximum Gasteiger partial charge on any atom is 0.230 e. The van der Waals surface area contributed by atoms with Crippen LogP contribution in [-0.2, 0) is 24.4 Å². The number of hydrogen-bond donors (Lipinski definition) is 1. The topological polar surface area (TPSA) is 69.0 Å². The first-order valence-electron chi connectivity index (χ1n) is 12.3. The van der Waals surface area contributed by atoms with Crippen LogP contribution in [0.2, 0.25) is 0 Å². The molecule has 0 bridgehead atoms. The van der Waals surface area contributed by atoms with E-state index in [-0.39, 0.29) is 30.1 Å². The van der Waals surface area contributed by atoms with Crippen molar-refractivity contribution in [3.63, 3.8) is 0 Å². The van der Waals surface area contributed by atoms with E-state index in [9.17, 15) is 9.18 Å². The maximum atomic E-state index is 13.9. The van der Waals surface area contributed by atoms with E-state index in [1.807, 2.05) is 29.7 Å². The van der Waals surface area contributed by atoms with Gasteiger partial charge in [0.15, 0.2) is 22.5 Å². The number of hydrogen-bond acceptors (Lipinski definition) is 5. The summed E-state index contributed by atoms with van der Waals surface area (Å²) in [5, 5.41) is 12.3. The van der Waals surface area contributed by atoms with Crippen LogP contribution in [0.1, 0.15) is 57.3 Å². The van der Waals surface area contributed by atoms with Crippen LogP contribution in [0.15, 0.2) is 59.8 Å². The number of halogens is 1. The molecule has 0 aliphatic carbocycles. The summed E-state index contributed by atoms with van der Waals surface area (Å²) in [6.45, 7) is 5.05.